The molecule has 0 atom stereocenters. The highest BCUT2D eigenvalue weighted by atomic mass is 35.6. The molecule has 50 valence electrons. The van der Waals surface area contributed by atoms with Crippen molar-refractivity contribution < 1.29 is 0 Å². The fourth-order valence-corrected chi connectivity index (χ4v) is 1.94. The molecule has 1 rings (SSSR count). The zero-order valence-corrected chi connectivity index (χ0v) is 8.58. The van der Waals surface area contributed by atoms with Crippen LogP contribution >= 0.6 is 22.2 Å². The lowest BCUT2D eigenvalue weighted by Gasteiger charge is -1.94. The van der Waals surface area contributed by atoms with Crippen LogP contribution in [0.2, 0.25) is 0 Å². The Hall–Kier alpha value is 0.234. The van der Waals surface area contributed by atoms with Crippen LogP contribution in [0.1, 0.15) is 0 Å². The summed E-state index contributed by atoms with van der Waals surface area (Å²) in [7, 11) is 0.720. The Morgan fingerprint density at radius 2 is 1.10 bits per heavy atom. The first-order chi connectivity index (χ1) is 4.86. The van der Waals surface area contributed by atoms with Gasteiger partial charge >= 0.3 is 0 Å². The second-order valence-electron chi connectivity index (χ2n) is 1.77. The maximum atomic E-state index is 5.62. The average Bonchev–Trinajstić information content (AvgIpc) is 2.05. The van der Waals surface area contributed by atoms with Gasteiger partial charge in [-0.2, -0.15) is 22.2 Å². The zero-order valence-electron chi connectivity index (χ0n) is 5.07. The van der Waals surface area contributed by atoms with Gasteiger partial charge in [-0.05, 0) is 10.4 Å². The van der Waals surface area contributed by atoms with E-state index in [0.29, 0.717) is 17.7 Å². The van der Waals surface area contributed by atoms with E-state index in [1.165, 1.54) is 10.4 Å². The summed E-state index contributed by atoms with van der Waals surface area (Å²) in [6, 6.07) is 8.04. The molecule has 0 spiro atoms. The number of halogens is 2. The number of hydrogen-bond donors (Lipinski definition) is 0. The Balaban J connectivity index is 2.80. The van der Waals surface area contributed by atoms with Gasteiger partial charge in [0.1, 0.15) is 0 Å². The highest BCUT2D eigenvalue weighted by Gasteiger charge is 1.92. The minimum Gasteiger partial charge on any atom is -0.165 e. The normalized spacial score (nSPS) is 9.80. The summed E-state index contributed by atoms with van der Waals surface area (Å²) < 4.78 is 0. The smallest absolute Gasteiger partial charge is 0.165 e. The summed E-state index contributed by atoms with van der Waals surface area (Å²) in [4.78, 5) is 0. The largest absolute Gasteiger partial charge is 0.210 e. The Kier molecular flexibility index (Phi) is 3.48. The predicted molar refractivity (Wildman–Crippen MR) is 48.9 cm³/mol. The van der Waals surface area contributed by atoms with Crippen molar-refractivity contribution in [2.24, 2.45) is 0 Å². The fraction of sp³-hybridized carbons (Fsp3) is 0. The first-order valence-corrected chi connectivity index (χ1v) is 6.72. The summed E-state index contributed by atoms with van der Waals surface area (Å²) in [5.74, 6) is 0. The van der Waals surface area contributed by atoms with Crippen molar-refractivity contribution in [2.75, 3.05) is 0 Å². The van der Waals surface area contributed by atoms with Crippen molar-refractivity contribution in [2.45, 2.75) is 0 Å². The van der Waals surface area contributed by atoms with Crippen LogP contribution in [-0.2, 0) is 0 Å². The number of hydrogen-bond acceptors (Lipinski definition) is 0. The van der Waals surface area contributed by atoms with Gasteiger partial charge in [-0.25, -0.2) is 0 Å². The number of rotatable bonds is 2. The van der Waals surface area contributed by atoms with Gasteiger partial charge in [-0.3, -0.25) is 0 Å². The van der Waals surface area contributed by atoms with Crippen molar-refractivity contribution in [3.8, 4) is 0 Å². The van der Waals surface area contributed by atoms with Gasteiger partial charge in [0, 0.05) is 0 Å². The molecule has 0 amide bonds. The molecule has 0 aliphatic heterocycles. The Bertz CT molecular complexity index is 174. The van der Waals surface area contributed by atoms with Crippen molar-refractivity contribution in [3.05, 3.63) is 24.3 Å². The van der Waals surface area contributed by atoms with Crippen LogP contribution in [0.15, 0.2) is 24.3 Å². The molecule has 0 fully saturated rings. The van der Waals surface area contributed by atoms with Crippen molar-refractivity contribution in [1.82, 2.24) is 0 Å². The summed E-state index contributed by atoms with van der Waals surface area (Å²) >= 11 is 11.2. The molecule has 0 bridgehead atoms. The molecule has 0 aliphatic rings. The van der Waals surface area contributed by atoms with E-state index in [0.717, 1.165) is 0 Å². The van der Waals surface area contributed by atoms with Gasteiger partial charge in [0.05, 0.1) is 0 Å². The maximum absolute atomic E-state index is 5.62. The monoisotopic (exact) mass is 202 g/mol. The van der Waals surface area contributed by atoms with Crippen molar-refractivity contribution in [3.63, 3.8) is 0 Å². The van der Waals surface area contributed by atoms with Crippen molar-refractivity contribution in [1.29, 1.82) is 0 Å². The summed E-state index contributed by atoms with van der Waals surface area (Å²) in [5, 5.41) is 2.33. The highest BCUT2D eigenvalue weighted by molar-refractivity contribution is 7.02. The molecule has 0 nitrogen and oxygen atoms in total. The lowest BCUT2D eigenvalue weighted by Crippen LogP contribution is -2.15. The minimum atomic E-state index is 0.360. The molecule has 0 saturated carbocycles. The van der Waals surface area contributed by atoms with Crippen LogP contribution in [-0.4, -0.2) is 17.7 Å². The van der Waals surface area contributed by atoms with E-state index in [2.05, 4.69) is 0 Å². The molecule has 0 unspecified atom stereocenters. The highest BCUT2D eigenvalue weighted by Crippen LogP contribution is 1.82. The van der Waals surface area contributed by atoms with Crippen LogP contribution in [0.3, 0.4) is 0 Å². The first kappa shape index (κ1) is 8.33. The summed E-state index contributed by atoms with van der Waals surface area (Å²) in [6.45, 7) is 0. The Morgan fingerprint density at radius 3 is 1.30 bits per heavy atom. The third-order valence-corrected chi connectivity index (χ3v) is 3.52. The van der Waals surface area contributed by atoms with Crippen LogP contribution in [0.25, 0.3) is 0 Å². The molecular weight excluding hydrogens is 199 g/mol. The number of benzene rings is 1. The van der Waals surface area contributed by atoms with Gasteiger partial charge in [0.2, 0.25) is 17.7 Å². The fourth-order valence-electron chi connectivity index (χ4n) is 0.596. The lowest BCUT2D eigenvalue weighted by atomic mass is 10.4. The second-order valence-corrected chi connectivity index (χ2v) is 4.43. The average molecular weight is 203 g/mol. The third-order valence-electron chi connectivity index (χ3n) is 1.10. The van der Waals surface area contributed by atoms with Crippen molar-refractivity contribution >= 4 is 50.2 Å². The SMILES string of the molecule is Cl[Si]c1ccc([Si]Cl)cc1. The molecule has 0 heterocycles. The van der Waals surface area contributed by atoms with E-state index in [4.69, 9.17) is 22.2 Å². The van der Waals surface area contributed by atoms with Gasteiger partial charge < -0.3 is 0 Å². The molecule has 4 radical (unpaired) electrons. The van der Waals surface area contributed by atoms with Gasteiger partial charge in [0.15, 0.2) is 0 Å². The Morgan fingerprint density at radius 1 is 0.800 bits per heavy atom. The molecule has 1 aromatic rings. The summed E-state index contributed by atoms with van der Waals surface area (Å²) in [5.41, 5.74) is 0. The molecule has 0 saturated heterocycles. The minimum absolute atomic E-state index is 0.360. The molecule has 1 aromatic carbocycles. The quantitative estimate of drug-likeness (QED) is 0.489. The molecule has 0 aliphatic carbocycles. The molecule has 4 heteroatoms. The van der Waals surface area contributed by atoms with E-state index in [9.17, 15) is 0 Å². The molecule has 10 heavy (non-hydrogen) atoms. The predicted octanol–water partition coefficient (Wildman–Crippen LogP) is 0.653. The topological polar surface area (TPSA) is 0 Å². The van der Waals surface area contributed by atoms with E-state index in [1.807, 2.05) is 24.3 Å². The first-order valence-electron chi connectivity index (χ1n) is 2.70. The van der Waals surface area contributed by atoms with Crippen LogP contribution < -0.4 is 10.4 Å². The third kappa shape index (κ3) is 2.13. The molecular formula is C6H4Cl2Si2. The standard InChI is InChI=1S/C6H4Cl2Si2/c7-9-5-1-2-6(10-8)4-3-5/h1-4H. The van der Waals surface area contributed by atoms with E-state index >= 15 is 0 Å². The molecule has 0 N–H and O–H groups in total. The second kappa shape index (κ2) is 4.18. The van der Waals surface area contributed by atoms with Crippen LogP contribution in [0, 0.1) is 0 Å². The van der Waals surface area contributed by atoms with Crippen LogP contribution in [0.4, 0.5) is 0 Å². The Labute approximate surface area is 74.6 Å². The van der Waals surface area contributed by atoms with Crippen LogP contribution in [0.5, 0.6) is 0 Å². The van der Waals surface area contributed by atoms with Gasteiger partial charge in [-0.1, -0.05) is 24.3 Å². The van der Waals surface area contributed by atoms with Gasteiger partial charge in [0.25, 0.3) is 0 Å². The summed E-state index contributed by atoms with van der Waals surface area (Å²) in [6.07, 6.45) is 0. The van der Waals surface area contributed by atoms with Gasteiger partial charge in [-0.15, -0.1) is 0 Å². The van der Waals surface area contributed by atoms with E-state index < -0.39 is 0 Å². The van der Waals surface area contributed by atoms with E-state index in [-0.39, 0.29) is 0 Å². The van der Waals surface area contributed by atoms with E-state index in [1.54, 1.807) is 0 Å². The lowest BCUT2D eigenvalue weighted by molar-refractivity contribution is 1.84. The zero-order chi connectivity index (χ0) is 7.40. The molecule has 0 aromatic heterocycles. The maximum Gasteiger partial charge on any atom is 0.210 e.